The van der Waals surface area contributed by atoms with Gasteiger partial charge in [-0.1, -0.05) is 24.3 Å². The van der Waals surface area contributed by atoms with E-state index in [0.717, 1.165) is 0 Å². The van der Waals surface area contributed by atoms with E-state index in [0.29, 0.717) is 0 Å². The first-order valence-corrected chi connectivity index (χ1v) is 10.0. The lowest BCUT2D eigenvalue weighted by Gasteiger charge is -2.38. The molecule has 0 radical (unpaired) electrons. The maximum atomic E-state index is 13.2. The number of carbonyl (C=O) groups is 1. The number of fused-ring (bicyclic) bond motifs is 1. The third-order valence-electron chi connectivity index (χ3n) is 3.68. The van der Waals surface area contributed by atoms with Gasteiger partial charge in [-0.25, -0.2) is 8.42 Å². The Kier molecular flexibility index (Phi) is 4.94. The molecule has 1 atom stereocenters. The first kappa shape index (κ1) is 18.0. The zero-order valence-corrected chi connectivity index (χ0v) is 14.7. The van der Waals surface area contributed by atoms with E-state index in [4.69, 9.17) is 9.05 Å². The summed E-state index contributed by atoms with van der Waals surface area (Å²) in [6.45, 7) is 1.45. The van der Waals surface area contributed by atoms with E-state index in [9.17, 15) is 17.8 Å². The highest BCUT2D eigenvalue weighted by Crippen LogP contribution is 2.64. The maximum Gasteiger partial charge on any atom is 0.359 e. The molecule has 1 unspecified atom stereocenters. The maximum absolute atomic E-state index is 13.2. The van der Waals surface area contributed by atoms with E-state index in [1.807, 2.05) is 0 Å². The van der Waals surface area contributed by atoms with Crippen molar-refractivity contribution in [3.63, 3.8) is 0 Å². The molecule has 7 nitrogen and oxygen atoms in total. The normalized spacial score (nSPS) is 21.3. The smallest absolute Gasteiger partial charge is 0.310 e. The second-order valence-corrected chi connectivity index (χ2v) is 9.32. The van der Waals surface area contributed by atoms with E-state index in [2.05, 4.69) is 4.72 Å². The Morgan fingerprint density at radius 3 is 2.39 bits per heavy atom. The lowest BCUT2D eigenvalue weighted by Crippen LogP contribution is -2.47. The Bertz CT molecular complexity index is 795. The lowest BCUT2D eigenvalue weighted by molar-refractivity contribution is 0.104. The number of hydrogen-bond acceptors (Lipinski definition) is 6. The molecule has 0 saturated heterocycles. The van der Waals surface area contributed by atoms with Gasteiger partial charge in [0, 0.05) is 25.3 Å². The third-order valence-corrected chi connectivity index (χ3v) is 7.55. The zero-order valence-electron chi connectivity index (χ0n) is 13.0. The van der Waals surface area contributed by atoms with Crippen molar-refractivity contribution in [2.75, 3.05) is 20.0 Å². The topological polar surface area (TPSA) is 98.8 Å². The van der Waals surface area contributed by atoms with E-state index < -0.39 is 22.9 Å². The molecular weight excluding hydrogens is 341 g/mol. The second kappa shape index (κ2) is 6.30. The van der Waals surface area contributed by atoms with Crippen molar-refractivity contribution in [1.82, 2.24) is 4.72 Å². The third kappa shape index (κ3) is 2.93. The fourth-order valence-electron chi connectivity index (χ4n) is 2.46. The van der Waals surface area contributed by atoms with Crippen LogP contribution < -0.4 is 4.72 Å². The van der Waals surface area contributed by atoms with Crippen LogP contribution in [0.1, 0.15) is 22.8 Å². The minimum Gasteiger partial charge on any atom is -0.310 e. The molecule has 0 fully saturated rings. The monoisotopic (exact) mass is 359 g/mol. The second-order valence-electron chi connectivity index (χ2n) is 4.88. The van der Waals surface area contributed by atoms with Gasteiger partial charge in [0.05, 0.1) is 5.75 Å². The van der Waals surface area contributed by atoms with Gasteiger partial charge in [0.15, 0.2) is 11.1 Å². The van der Waals surface area contributed by atoms with Gasteiger partial charge in [0.2, 0.25) is 10.0 Å². The quantitative estimate of drug-likeness (QED) is 0.780. The fraction of sp³-hybridized carbons (Fsp3) is 0.357. The molecule has 126 valence electrons. The van der Waals surface area contributed by atoms with E-state index in [1.165, 1.54) is 45.4 Å². The minimum atomic E-state index is -3.99. The number of benzene rings is 1. The number of rotatable bonds is 6. The molecule has 1 aliphatic rings. The molecule has 0 amide bonds. The molecule has 9 heteroatoms. The van der Waals surface area contributed by atoms with Crippen LogP contribution in [0.3, 0.4) is 0 Å². The summed E-state index contributed by atoms with van der Waals surface area (Å²) in [5, 5.41) is -1.80. The lowest BCUT2D eigenvalue weighted by atomic mass is 9.92. The SMILES string of the molecule is CCS(=O)(=O)NC1(P(=O)(OC)OC)C=CC(=O)c2ccccc21. The van der Waals surface area contributed by atoms with Crippen molar-refractivity contribution in [1.29, 1.82) is 0 Å². The van der Waals surface area contributed by atoms with Crippen LogP contribution in [0.25, 0.3) is 0 Å². The Hall–Kier alpha value is -1.31. The molecule has 1 aromatic carbocycles. The Morgan fingerprint density at radius 2 is 1.83 bits per heavy atom. The Labute approximate surface area is 135 Å². The van der Waals surface area contributed by atoms with Crippen LogP contribution in [0.15, 0.2) is 36.4 Å². The summed E-state index contributed by atoms with van der Waals surface area (Å²) >= 11 is 0. The van der Waals surface area contributed by atoms with E-state index in [-0.39, 0.29) is 22.7 Å². The van der Waals surface area contributed by atoms with Crippen LogP contribution in [0, 0.1) is 0 Å². The summed E-state index contributed by atoms with van der Waals surface area (Å²) in [4.78, 5) is 12.1. The van der Waals surface area contributed by atoms with E-state index in [1.54, 1.807) is 12.1 Å². The molecule has 1 aliphatic carbocycles. The molecule has 1 aromatic rings. The van der Waals surface area contributed by atoms with Crippen molar-refractivity contribution in [2.45, 2.75) is 12.2 Å². The average Bonchev–Trinajstić information content (AvgIpc) is 2.57. The highest BCUT2D eigenvalue weighted by Gasteiger charge is 2.54. The van der Waals surface area contributed by atoms with Crippen LogP contribution in [0.5, 0.6) is 0 Å². The van der Waals surface area contributed by atoms with Crippen molar-refractivity contribution in [3.8, 4) is 0 Å². The predicted molar refractivity (Wildman–Crippen MR) is 85.8 cm³/mol. The molecule has 0 aliphatic heterocycles. The predicted octanol–water partition coefficient (Wildman–Crippen LogP) is 2.02. The Morgan fingerprint density at radius 1 is 1.22 bits per heavy atom. The summed E-state index contributed by atoms with van der Waals surface area (Å²) < 4.78 is 50.0. The van der Waals surface area contributed by atoms with Crippen LogP contribution in [0.4, 0.5) is 0 Å². The van der Waals surface area contributed by atoms with E-state index >= 15 is 0 Å². The minimum absolute atomic E-state index is 0.230. The fourth-order valence-corrected chi connectivity index (χ4v) is 5.59. The van der Waals surface area contributed by atoms with Gasteiger partial charge in [-0.2, -0.15) is 4.72 Å². The number of ketones is 1. The number of nitrogens with one attached hydrogen (secondary N) is 1. The van der Waals surface area contributed by atoms with Crippen LogP contribution in [-0.2, 0) is 28.9 Å². The summed E-state index contributed by atoms with van der Waals surface area (Å²) in [7, 11) is -5.44. The Balaban J connectivity index is 2.82. The summed E-state index contributed by atoms with van der Waals surface area (Å²) in [5.74, 6) is -0.544. The molecule has 23 heavy (non-hydrogen) atoms. The first-order chi connectivity index (χ1) is 10.8. The molecule has 0 aromatic heterocycles. The standard InChI is InChI=1S/C14H18NO6PS/c1-4-23(18,19)15-14(22(17,20-2)21-3)10-9-13(16)11-7-5-6-8-12(11)14/h5-10,15H,4H2,1-3H3. The van der Waals surface area contributed by atoms with Gasteiger partial charge in [-0.15, -0.1) is 0 Å². The first-order valence-electron chi connectivity index (χ1n) is 6.81. The number of allylic oxidation sites excluding steroid dienone is 1. The highest BCUT2D eigenvalue weighted by molar-refractivity contribution is 7.89. The molecule has 0 spiro atoms. The molecule has 0 saturated carbocycles. The van der Waals surface area contributed by atoms with Crippen molar-refractivity contribution in [3.05, 3.63) is 47.5 Å². The molecule has 0 heterocycles. The van der Waals surface area contributed by atoms with Gasteiger partial charge in [-0.05, 0) is 19.1 Å². The number of hydrogen-bond donors (Lipinski definition) is 1. The number of sulfonamides is 1. The van der Waals surface area contributed by atoms with Crippen molar-refractivity contribution in [2.24, 2.45) is 0 Å². The summed E-state index contributed by atoms with van der Waals surface area (Å²) in [6, 6.07) is 6.32. The van der Waals surface area contributed by atoms with Crippen LogP contribution >= 0.6 is 7.60 Å². The van der Waals surface area contributed by atoms with Gasteiger partial charge < -0.3 is 9.05 Å². The van der Waals surface area contributed by atoms with Crippen LogP contribution in [0.2, 0.25) is 0 Å². The average molecular weight is 359 g/mol. The van der Waals surface area contributed by atoms with Gasteiger partial charge in [-0.3, -0.25) is 9.36 Å². The molecule has 2 rings (SSSR count). The van der Waals surface area contributed by atoms with Gasteiger partial charge in [0.25, 0.3) is 0 Å². The van der Waals surface area contributed by atoms with Crippen molar-refractivity contribution < 1.29 is 26.8 Å². The van der Waals surface area contributed by atoms with Crippen molar-refractivity contribution >= 4 is 23.4 Å². The summed E-state index contributed by atoms with van der Waals surface area (Å²) in [5.41, 5.74) is 0.472. The molecular formula is C14H18NO6PS. The van der Waals surface area contributed by atoms with Crippen LogP contribution in [-0.4, -0.2) is 34.2 Å². The van der Waals surface area contributed by atoms with Gasteiger partial charge >= 0.3 is 7.60 Å². The molecule has 0 bridgehead atoms. The van der Waals surface area contributed by atoms with Gasteiger partial charge in [0.1, 0.15) is 0 Å². The summed E-state index contributed by atoms with van der Waals surface area (Å²) in [6.07, 6.45) is 2.41. The highest BCUT2D eigenvalue weighted by atomic mass is 32.2. The number of carbonyl (C=O) groups excluding carboxylic acids is 1. The zero-order chi connectivity index (χ0) is 17.3. The molecule has 1 N–H and O–H groups in total. The largest absolute Gasteiger partial charge is 0.359 e.